The van der Waals surface area contributed by atoms with Crippen molar-refractivity contribution in [1.82, 2.24) is 5.32 Å². The second-order valence-electron chi connectivity index (χ2n) is 3.96. The van der Waals surface area contributed by atoms with Crippen molar-refractivity contribution < 1.29 is 9.53 Å². The Bertz CT molecular complexity index is 331. The van der Waals surface area contributed by atoms with Crippen LogP contribution in [0.4, 0.5) is 0 Å². The standard InChI is InChI=1S/C13H16NO2/c15-13(9-12-7-4-8-14-12)16-10-11-5-2-1-3-6-11/h1-3,5-6,9,12,14H,4,7-8,10H2/t12-/m1/s1. The van der Waals surface area contributed by atoms with E-state index >= 15 is 0 Å². The Morgan fingerprint density at radius 3 is 2.94 bits per heavy atom. The highest BCUT2D eigenvalue weighted by molar-refractivity contribution is 5.79. The van der Waals surface area contributed by atoms with Gasteiger partial charge in [0.2, 0.25) is 0 Å². The Labute approximate surface area is 95.8 Å². The molecule has 3 heteroatoms. The van der Waals surface area contributed by atoms with E-state index in [1.807, 2.05) is 30.3 Å². The zero-order valence-corrected chi connectivity index (χ0v) is 9.19. The molecule has 85 valence electrons. The lowest BCUT2D eigenvalue weighted by atomic mass is 10.1. The maximum Gasteiger partial charge on any atom is 0.311 e. The molecule has 3 nitrogen and oxygen atoms in total. The average Bonchev–Trinajstić information content (AvgIpc) is 2.81. The first-order valence-electron chi connectivity index (χ1n) is 5.63. The van der Waals surface area contributed by atoms with Crippen LogP contribution in [-0.2, 0) is 16.1 Å². The lowest BCUT2D eigenvalue weighted by Crippen LogP contribution is -2.26. The Balaban J connectivity index is 1.71. The van der Waals surface area contributed by atoms with E-state index in [1.165, 1.54) is 0 Å². The number of carbonyl (C=O) groups excluding carboxylic acids is 1. The van der Waals surface area contributed by atoms with E-state index in [0.717, 1.165) is 24.9 Å². The smallest absolute Gasteiger partial charge is 0.311 e. The van der Waals surface area contributed by atoms with Crippen molar-refractivity contribution >= 4 is 5.97 Å². The Morgan fingerprint density at radius 1 is 1.44 bits per heavy atom. The molecule has 0 bridgehead atoms. The lowest BCUT2D eigenvalue weighted by molar-refractivity contribution is -0.141. The maximum atomic E-state index is 11.5. The first kappa shape index (κ1) is 11.1. The monoisotopic (exact) mass is 218 g/mol. The van der Waals surface area contributed by atoms with E-state index in [1.54, 1.807) is 6.42 Å². The summed E-state index contributed by atoms with van der Waals surface area (Å²) in [6.07, 6.45) is 3.80. The summed E-state index contributed by atoms with van der Waals surface area (Å²) < 4.78 is 5.16. The largest absolute Gasteiger partial charge is 0.461 e. The molecule has 1 saturated heterocycles. The van der Waals surface area contributed by atoms with Gasteiger partial charge in [-0.2, -0.15) is 0 Å². The zero-order chi connectivity index (χ0) is 11.2. The number of rotatable bonds is 4. The van der Waals surface area contributed by atoms with Crippen LogP contribution in [0.15, 0.2) is 30.3 Å². The highest BCUT2D eigenvalue weighted by Gasteiger charge is 2.18. The van der Waals surface area contributed by atoms with Crippen LogP contribution in [-0.4, -0.2) is 18.6 Å². The average molecular weight is 218 g/mol. The molecule has 0 unspecified atom stereocenters. The first-order valence-corrected chi connectivity index (χ1v) is 5.63. The molecular weight excluding hydrogens is 202 g/mol. The Morgan fingerprint density at radius 2 is 2.25 bits per heavy atom. The van der Waals surface area contributed by atoms with Gasteiger partial charge >= 0.3 is 5.97 Å². The summed E-state index contributed by atoms with van der Waals surface area (Å²) in [5.74, 6) is -0.233. The normalized spacial score (nSPS) is 19.6. The van der Waals surface area contributed by atoms with Gasteiger partial charge in [-0.3, -0.25) is 4.79 Å². The minimum Gasteiger partial charge on any atom is -0.461 e. The molecule has 1 aliphatic heterocycles. The Hall–Kier alpha value is -1.35. The van der Waals surface area contributed by atoms with Gasteiger partial charge in [0, 0.05) is 6.04 Å². The fourth-order valence-electron chi connectivity index (χ4n) is 1.79. The van der Waals surface area contributed by atoms with Crippen LogP contribution in [0, 0.1) is 6.42 Å². The van der Waals surface area contributed by atoms with E-state index in [0.29, 0.717) is 6.61 Å². The molecular formula is C13H16NO2. The molecule has 0 amide bonds. The molecule has 16 heavy (non-hydrogen) atoms. The van der Waals surface area contributed by atoms with Crippen molar-refractivity contribution in [3.8, 4) is 0 Å². The summed E-state index contributed by atoms with van der Waals surface area (Å²) in [7, 11) is 0. The topological polar surface area (TPSA) is 38.3 Å². The van der Waals surface area contributed by atoms with Crippen LogP contribution < -0.4 is 5.32 Å². The van der Waals surface area contributed by atoms with Crippen LogP contribution in [0.25, 0.3) is 0 Å². The van der Waals surface area contributed by atoms with Crippen LogP contribution in [0.1, 0.15) is 18.4 Å². The Kier molecular flexibility index (Phi) is 3.94. The molecule has 0 aliphatic carbocycles. The SMILES string of the molecule is O=C([CH][C@H]1CCCN1)OCc1ccccc1. The third-order valence-corrected chi connectivity index (χ3v) is 2.66. The minimum atomic E-state index is -0.233. The third kappa shape index (κ3) is 3.35. The van der Waals surface area contributed by atoms with Gasteiger partial charge in [0.05, 0.1) is 6.42 Å². The quantitative estimate of drug-likeness (QED) is 0.781. The van der Waals surface area contributed by atoms with Gasteiger partial charge in [-0.25, -0.2) is 0 Å². The second kappa shape index (κ2) is 5.66. The molecule has 0 aromatic heterocycles. The van der Waals surface area contributed by atoms with Gasteiger partial charge in [0.25, 0.3) is 0 Å². The number of benzene rings is 1. The summed E-state index contributed by atoms with van der Waals surface area (Å²) in [5.41, 5.74) is 1.02. The number of ether oxygens (including phenoxy) is 1. The minimum absolute atomic E-state index is 0.197. The predicted molar refractivity (Wildman–Crippen MR) is 61.6 cm³/mol. The van der Waals surface area contributed by atoms with Gasteiger partial charge in [0.15, 0.2) is 0 Å². The maximum absolute atomic E-state index is 11.5. The van der Waals surface area contributed by atoms with Crippen LogP contribution in [0.5, 0.6) is 0 Å². The molecule has 1 aliphatic rings. The zero-order valence-electron chi connectivity index (χ0n) is 9.19. The molecule has 1 aromatic rings. The highest BCUT2D eigenvalue weighted by Crippen LogP contribution is 2.09. The molecule has 1 N–H and O–H groups in total. The summed E-state index contributed by atoms with van der Waals surface area (Å²) in [4.78, 5) is 11.5. The van der Waals surface area contributed by atoms with Crippen LogP contribution >= 0.6 is 0 Å². The fourth-order valence-corrected chi connectivity index (χ4v) is 1.79. The van der Waals surface area contributed by atoms with Gasteiger partial charge in [-0.15, -0.1) is 0 Å². The summed E-state index contributed by atoms with van der Waals surface area (Å²) in [6, 6.07) is 9.90. The molecule has 1 radical (unpaired) electrons. The molecule has 2 rings (SSSR count). The summed E-state index contributed by atoms with van der Waals surface area (Å²) >= 11 is 0. The van der Waals surface area contributed by atoms with Gasteiger partial charge in [-0.05, 0) is 24.9 Å². The van der Waals surface area contributed by atoms with Crippen molar-refractivity contribution in [3.63, 3.8) is 0 Å². The first-order chi connectivity index (χ1) is 7.84. The van der Waals surface area contributed by atoms with Gasteiger partial charge in [0.1, 0.15) is 6.61 Å². The molecule has 1 aromatic carbocycles. The van der Waals surface area contributed by atoms with Gasteiger partial charge in [-0.1, -0.05) is 30.3 Å². The van der Waals surface area contributed by atoms with Crippen molar-refractivity contribution in [2.24, 2.45) is 0 Å². The molecule has 1 fully saturated rings. The number of esters is 1. The molecule has 0 spiro atoms. The molecule has 1 heterocycles. The predicted octanol–water partition coefficient (Wildman–Crippen LogP) is 1.69. The van der Waals surface area contributed by atoms with Crippen LogP contribution in [0.3, 0.4) is 0 Å². The third-order valence-electron chi connectivity index (χ3n) is 2.66. The van der Waals surface area contributed by atoms with E-state index in [4.69, 9.17) is 4.74 Å². The lowest BCUT2D eigenvalue weighted by Gasteiger charge is -2.09. The highest BCUT2D eigenvalue weighted by atomic mass is 16.5. The fraction of sp³-hybridized carbons (Fsp3) is 0.385. The van der Waals surface area contributed by atoms with Crippen molar-refractivity contribution in [2.45, 2.75) is 25.5 Å². The van der Waals surface area contributed by atoms with E-state index in [-0.39, 0.29) is 12.0 Å². The molecule has 1 atom stereocenters. The molecule has 0 saturated carbocycles. The van der Waals surface area contributed by atoms with Crippen LogP contribution in [0.2, 0.25) is 0 Å². The number of carbonyl (C=O) groups is 1. The number of nitrogens with one attached hydrogen (secondary N) is 1. The van der Waals surface area contributed by atoms with E-state index < -0.39 is 0 Å². The van der Waals surface area contributed by atoms with Crippen molar-refractivity contribution in [2.75, 3.05) is 6.54 Å². The van der Waals surface area contributed by atoms with Gasteiger partial charge < -0.3 is 10.1 Å². The van der Waals surface area contributed by atoms with E-state index in [2.05, 4.69) is 5.32 Å². The van der Waals surface area contributed by atoms with Crippen molar-refractivity contribution in [1.29, 1.82) is 0 Å². The van der Waals surface area contributed by atoms with Crippen molar-refractivity contribution in [3.05, 3.63) is 42.3 Å². The number of hydrogen-bond donors (Lipinski definition) is 1. The second-order valence-corrected chi connectivity index (χ2v) is 3.96. The summed E-state index contributed by atoms with van der Waals surface area (Å²) in [5, 5.41) is 3.23. The number of hydrogen-bond acceptors (Lipinski definition) is 3. The van der Waals surface area contributed by atoms with E-state index in [9.17, 15) is 4.79 Å². The summed E-state index contributed by atoms with van der Waals surface area (Å²) in [6.45, 7) is 1.34.